The Kier molecular flexibility index (Phi) is 4.48. The SMILES string of the molecule is O=C(O)Cc1csc(Sc2cc(F)cc(F)c2[N+](=O)[O-])n1. The van der Waals surface area contributed by atoms with Gasteiger partial charge in [-0.2, -0.15) is 4.39 Å². The Morgan fingerprint density at radius 2 is 2.19 bits per heavy atom. The smallest absolute Gasteiger partial charge is 0.318 e. The first-order chi connectivity index (χ1) is 9.86. The minimum Gasteiger partial charge on any atom is -0.481 e. The van der Waals surface area contributed by atoms with Crippen LogP contribution in [0.5, 0.6) is 0 Å². The number of carboxylic acid groups (broad SMARTS) is 1. The van der Waals surface area contributed by atoms with Crippen LogP contribution in [0.15, 0.2) is 26.7 Å². The number of carboxylic acids is 1. The van der Waals surface area contributed by atoms with Gasteiger partial charge in [-0.15, -0.1) is 11.3 Å². The summed E-state index contributed by atoms with van der Waals surface area (Å²) in [6, 6.07) is 1.27. The molecule has 0 amide bonds. The maximum atomic E-state index is 13.5. The fraction of sp³-hybridized carbons (Fsp3) is 0.0909. The third-order valence-corrected chi connectivity index (χ3v) is 4.25. The number of aliphatic carboxylic acids is 1. The fourth-order valence-corrected chi connectivity index (χ4v) is 3.40. The minimum atomic E-state index is -1.27. The Bertz CT molecular complexity index is 720. The van der Waals surface area contributed by atoms with E-state index in [1.807, 2.05) is 0 Å². The molecule has 0 aliphatic rings. The molecule has 2 aromatic rings. The van der Waals surface area contributed by atoms with Gasteiger partial charge in [0.25, 0.3) is 0 Å². The van der Waals surface area contributed by atoms with Crippen molar-refractivity contribution in [2.75, 3.05) is 0 Å². The molecule has 21 heavy (non-hydrogen) atoms. The predicted octanol–water partition coefficient (Wildman–Crippen LogP) is 3.11. The Balaban J connectivity index is 2.32. The molecule has 1 aromatic heterocycles. The molecule has 0 radical (unpaired) electrons. The molecule has 1 aromatic carbocycles. The van der Waals surface area contributed by atoms with Gasteiger partial charge in [0.2, 0.25) is 5.82 Å². The van der Waals surface area contributed by atoms with E-state index in [9.17, 15) is 23.7 Å². The topological polar surface area (TPSA) is 93.3 Å². The lowest BCUT2D eigenvalue weighted by molar-refractivity contribution is -0.390. The van der Waals surface area contributed by atoms with Gasteiger partial charge in [0.05, 0.1) is 21.9 Å². The van der Waals surface area contributed by atoms with Gasteiger partial charge in [-0.25, -0.2) is 9.37 Å². The molecule has 0 saturated heterocycles. The average molecular weight is 332 g/mol. The summed E-state index contributed by atoms with van der Waals surface area (Å²) in [7, 11) is 0. The fourth-order valence-electron chi connectivity index (χ4n) is 1.46. The summed E-state index contributed by atoms with van der Waals surface area (Å²) in [6.45, 7) is 0. The Labute approximate surface area is 124 Å². The molecule has 0 spiro atoms. The lowest BCUT2D eigenvalue weighted by Gasteiger charge is -2.01. The number of nitro benzene ring substituents is 1. The van der Waals surface area contributed by atoms with Crippen LogP contribution in [-0.4, -0.2) is 21.0 Å². The van der Waals surface area contributed by atoms with Crippen molar-refractivity contribution < 1.29 is 23.6 Å². The van der Waals surface area contributed by atoms with Crippen molar-refractivity contribution >= 4 is 34.8 Å². The summed E-state index contributed by atoms with van der Waals surface area (Å²) >= 11 is 1.75. The number of hydrogen-bond donors (Lipinski definition) is 1. The van der Waals surface area contributed by atoms with Gasteiger partial charge in [-0.1, -0.05) is 11.8 Å². The van der Waals surface area contributed by atoms with E-state index in [0.717, 1.165) is 17.4 Å². The van der Waals surface area contributed by atoms with Gasteiger partial charge >= 0.3 is 11.7 Å². The molecule has 1 N–H and O–H groups in total. The maximum absolute atomic E-state index is 13.5. The molecule has 1 heterocycles. The molecule has 0 unspecified atom stereocenters. The van der Waals surface area contributed by atoms with Gasteiger partial charge in [0.15, 0.2) is 4.34 Å². The van der Waals surface area contributed by atoms with Crippen LogP contribution in [0.2, 0.25) is 0 Å². The zero-order valence-electron chi connectivity index (χ0n) is 10.1. The average Bonchev–Trinajstić information content (AvgIpc) is 2.73. The minimum absolute atomic E-state index is 0.228. The van der Waals surface area contributed by atoms with Gasteiger partial charge < -0.3 is 5.11 Å². The molecule has 0 atom stereocenters. The summed E-state index contributed by atoms with van der Waals surface area (Å²) in [4.78, 5) is 24.1. The summed E-state index contributed by atoms with van der Waals surface area (Å²) in [5.41, 5.74) is -0.564. The van der Waals surface area contributed by atoms with Crippen molar-refractivity contribution in [3.8, 4) is 0 Å². The van der Waals surface area contributed by atoms with Crippen molar-refractivity contribution in [2.24, 2.45) is 0 Å². The molecule has 0 bridgehead atoms. The first-order valence-corrected chi connectivity index (χ1v) is 7.04. The maximum Gasteiger partial charge on any atom is 0.318 e. The van der Waals surface area contributed by atoms with E-state index in [2.05, 4.69) is 4.98 Å². The third-order valence-electron chi connectivity index (χ3n) is 2.24. The highest BCUT2D eigenvalue weighted by molar-refractivity contribution is 8.01. The van der Waals surface area contributed by atoms with E-state index in [1.54, 1.807) is 0 Å². The summed E-state index contributed by atoms with van der Waals surface area (Å²) in [5, 5.41) is 20.9. The molecule has 2 rings (SSSR count). The molecule has 0 aliphatic heterocycles. The summed E-state index contributed by atoms with van der Waals surface area (Å²) < 4.78 is 26.9. The van der Waals surface area contributed by atoms with Crippen LogP contribution < -0.4 is 0 Å². The summed E-state index contributed by atoms with van der Waals surface area (Å²) in [6.07, 6.45) is -0.295. The number of halogens is 2. The van der Waals surface area contributed by atoms with Crippen LogP contribution in [0.25, 0.3) is 0 Å². The molecular weight excluding hydrogens is 326 g/mol. The van der Waals surface area contributed by atoms with E-state index in [-0.39, 0.29) is 21.3 Å². The first-order valence-electron chi connectivity index (χ1n) is 5.34. The van der Waals surface area contributed by atoms with Gasteiger partial charge in [0.1, 0.15) is 5.82 Å². The normalized spacial score (nSPS) is 10.6. The summed E-state index contributed by atoms with van der Waals surface area (Å²) in [5.74, 6) is -3.28. The quantitative estimate of drug-likeness (QED) is 0.668. The Morgan fingerprint density at radius 1 is 1.48 bits per heavy atom. The highest BCUT2D eigenvalue weighted by Crippen LogP contribution is 2.38. The second-order valence-electron chi connectivity index (χ2n) is 3.77. The standard InChI is InChI=1S/C11H6F2N2O4S2/c12-5-1-7(13)10(15(18)19)8(2-5)21-11-14-6(4-20-11)3-9(16)17/h1-2,4H,3H2,(H,16,17). The molecule has 6 nitrogen and oxygen atoms in total. The molecule has 0 aliphatic carbocycles. The van der Waals surface area contributed by atoms with E-state index in [4.69, 9.17) is 5.11 Å². The largest absolute Gasteiger partial charge is 0.481 e. The molecule has 10 heteroatoms. The second kappa shape index (κ2) is 6.14. The highest BCUT2D eigenvalue weighted by atomic mass is 32.2. The number of carbonyl (C=O) groups is 1. The molecule has 0 fully saturated rings. The third kappa shape index (κ3) is 3.73. The van der Waals surface area contributed by atoms with E-state index < -0.39 is 28.2 Å². The van der Waals surface area contributed by atoms with E-state index in [1.165, 1.54) is 5.38 Å². The van der Waals surface area contributed by atoms with Gasteiger partial charge in [-0.05, 0) is 6.07 Å². The van der Waals surface area contributed by atoms with Crippen molar-refractivity contribution in [3.05, 3.63) is 45.0 Å². The zero-order valence-corrected chi connectivity index (χ0v) is 11.7. The molecule has 110 valence electrons. The van der Waals surface area contributed by atoms with Crippen molar-refractivity contribution in [1.82, 2.24) is 4.98 Å². The first kappa shape index (κ1) is 15.3. The van der Waals surface area contributed by atoms with Crippen molar-refractivity contribution in [2.45, 2.75) is 15.7 Å². The van der Waals surface area contributed by atoms with Gasteiger partial charge in [0, 0.05) is 11.4 Å². The predicted molar refractivity (Wildman–Crippen MR) is 70.6 cm³/mol. The number of nitrogens with zero attached hydrogens (tertiary/aromatic N) is 2. The molecule has 0 saturated carbocycles. The highest BCUT2D eigenvalue weighted by Gasteiger charge is 2.23. The number of hydrogen-bond acceptors (Lipinski definition) is 6. The number of aromatic nitrogens is 1. The van der Waals surface area contributed by atoms with Crippen molar-refractivity contribution in [1.29, 1.82) is 0 Å². The van der Waals surface area contributed by atoms with Crippen LogP contribution in [0.3, 0.4) is 0 Å². The van der Waals surface area contributed by atoms with Crippen LogP contribution in [-0.2, 0) is 11.2 Å². The number of thiazole rings is 1. The Morgan fingerprint density at radius 3 is 2.81 bits per heavy atom. The monoisotopic (exact) mass is 332 g/mol. The van der Waals surface area contributed by atoms with E-state index in [0.29, 0.717) is 17.8 Å². The van der Waals surface area contributed by atoms with Crippen LogP contribution in [0.4, 0.5) is 14.5 Å². The van der Waals surface area contributed by atoms with E-state index >= 15 is 0 Å². The number of rotatable bonds is 5. The van der Waals surface area contributed by atoms with Crippen LogP contribution in [0.1, 0.15) is 5.69 Å². The van der Waals surface area contributed by atoms with Gasteiger partial charge in [-0.3, -0.25) is 14.9 Å². The second-order valence-corrected chi connectivity index (χ2v) is 5.92. The van der Waals surface area contributed by atoms with Crippen LogP contribution >= 0.6 is 23.1 Å². The zero-order chi connectivity index (χ0) is 15.6. The number of nitro groups is 1. The Hall–Kier alpha value is -2.07. The molecular formula is C11H6F2N2O4S2. The van der Waals surface area contributed by atoms with Crippen LogP contribution in [0, 0.1) is 21.7 Å². The number of benzene rings is 1. The lowest BCUT2D eigenvalue weighted by atomic mass is 10.3. The lowest BCUT2D eigenvalue weighted by Crippen LogP contribution is -2.00. The van der Waals surface area contributed by atoms with Crippen molar-refractivity contribution in [3.63, 3.8) is 0 Å².